The number of benzene rings is 1. The Morgan fingerprint density at radius 1 is 1.27 bits per heavy atom. The van der Waals surface area contributed by atoms with E-state index in [9.17, 15) is 4.79 Å². The molecule has 3 rings (SSSR count). The van der Waals surface area contributed by atoms with E-state index < -0.39 is 5.54 Å². The Kier molecular flexibility index (Phi) is 5.29. The van der Waals surface area contributed by atoms with Crippen LogP contribution in [0, 0.1) is 6.92 Å². The molecule has 1 amide bonds. The van der Waals surface area contributed by atoms with Crippen LogP contribution in [0.1, 0.15) is 24.0 Å². The summed E-state index contributed by atoms with van der Waals surface area (Å²) < 4.78 is 0. The molecule has 0 bridgehead atoms. The third-order valence-electron chi connectivity index (χ3n) is 4.78. The first-order valence-corrected chi connectivity index (χ1v) is 8.90. The molecule has 0 unspecified atom stereocenters. The number of nitrogens with one attached hydrogen (secondary N) is 1. The van der Waals surface area contributed by atoms with Gasteiger partial charge in [-0.15, -0.1) is 0 Å². The third-order valence-corrected chi connectivity index (χ3v) is 5.14. The summed E-state index contributed by atoms with van der Waals surface area (Å²) in [6, 6.07) is 8.05. The fraction of sp³-hybridized carbons (Fsp3) is 0.389. The molecular formula is C18H23ClN6O. The highest BCUT2D eigenvalue weighted by Crippen LogP contribution is 2.31. The molecule has 5 N–H and O–H groups in total. The van der Waals surface area contributed by atoms with E-state index in [-0.39, 0.29) is 11.7 Å². The highest BCUT2D eigenvalue weighted by Gasteiger charge is 2.38. The van der Waals surface area contributed by atoms with Crippen molar-refractivity contribution in [3.8, 4) is 0 Å². The van der Waals surface area contributed by atoms with Gasteiger partial charge in [0.25, 0.3) is 0 Å². The molecule has 1 saturated heterocycles. The number of nitrogen functional groups attached to an aromatic ring is 1. The van der Waals surface area contributed by atoms with Crippen molar-refractivity contribution in [3.05, 3.63) is 46.7 Å². The van der Waals surface area contributed by atoms with E-state index in [1.165, 1.54) is 11.9 Å². The van der Waals surface area contributed by atoms with E-state index in [2.05, 4.69) is 15.3 Å². The molecule has 138 valence electrons. The van der Waals surface area contributed by atoms with Crippen LogP contribution in [0.25, 0.3) is 0 Å². The van der Waals surface area contributed by atoms with Crippen molar-refractivity contribution >= 4 is 29.1 Å². The molecule has 1 aromatic carbocycles. The number of hydrogen-bond acceptors (Lipinski definition) is 6. The third kappa shape index (κ3) is 3.89. The van der Waals surface area contributed by atoms with Gasteiger partial charge in [0.2, 0.25) is 5.91 Å². The number of carbonyl (C=O) groups is 1. The van der Waals surface area contributed by atoms with Crippen molar-refractivity contribution in [1.82, 2.24) is 15.3 Å². The molecule has 1 aromatic heterocycles. The zero-order chi connectivity index (χ0) is 18.7. The lowest BCUT2D eigenvalue weighted by molar-refractivity contribution is -0.127. The van der Waals surface area contributed by atoms with Crippen LogP contribution in [0.3, 0.4) is 0 Å². The summed E-state index contributed by atoms with van der Waals surface area (Å²) >= 11 is 6.19. The molecule has 1 aliphatic rings. The molecule has 7 nitrogen and oxygen atoms in total. The van der Waals surface area contributed by atoms with Gasteiger partial charge in [-0.3, -0.25) is 4.79 Å². The van der Waals surface area contributed by atoms with Gasteiger partial charge in [-0.1, -0.05) is 41.4 Å². The van der Waals surface area contributed by atoms with Crippen molar-refractivity contribution < 1.29 is 4.79 Å². The van der Waals surface area contributed by atoms with Gasteiger partial charge < -0.3 is 21.7 Å². The van der Waals surface area contributed by atoms with Gasteiger partial charge in [0.15, 0.2) is 5.82 Å². The van der Waals surface area contributed by atoms with Crippen LogP contribution in [0.15, 0.2) is 30.6 Å². The predicted molar refractivity (Wildman–Crippen MR) is 103 cm³/mol. The number of nitrogens with two attached hydrogens (primary N) is 2. The Bertz CT molecular complexity index is 787. The summed E-state index contributed by atoms with van der Waals surface area (Å²) in [5.41, 5.74) is 13.4. The van der Waals surface area contributed by atoms with E-state index in [0.717, 1.165) is 5.56 Å². The lowest BCUT2D eigenvalue weighted by Gasteiger charge is -2.38. The van der Waals surface area contributed by atoms with Gasteiger partial charge in [-0.2, -0.15) is 0 Å². The molecular weight excluding hydrogens is 352 g/mol. The highest BCUT2D eigenvalue weighted by atomic mass is 35.5. The first kappa shape index (κ1) is 18.4. The summed E-state index contributed by atoms with van der Waals surface area (Å²) in [4.78, 5) is 22.7. The van der Waals surface area contributed by atoms with Crippen molar-refractivity contribution in [2.24, 2.45) is 5.73 Å². The van der Waals surface area contributed by atoms with Crippen LogP contribution in [0.2, 0.25) is 5.02 Å². The minimum absolute atomic E-state index is 0.133. The number of carbonyl (C=O) groups excluding carboxylic acids is 1. The number of nitrogens with zero attached hydrogens (tertiary/aromatic N) is 3. The minimum Gasteiger partial charge on any atom is -0.382 e. The molecule has 0 spiro atoms. The lowest BCUT2D eigenvalue weighted by Crippen LogP contribution is -2.59. The van der Waals surface area contributed by atoms with E-state index in [4.69, 9.17) is 23.1 Å². The average molecular weight is 375 g/mol. The van der Waals surface area contributed by atoms with Gasteiger partial charge >= 0.3 is 0 Å². The number of hydrogen-bond donors (Lipinski definition) is 3. The van der Waals surface area contributed by atoms with Crippen molar-refractivity contribution in [2.75, 3.05) is 23.7 Å². The van der Waals surface area contributed by atoms with Gasteiger partial charge in [-0.25, -0.2) is 9.97 Å². The van der Waals surface area contributed by atoms with E-state index in [1.54, 1.807) is 0 Å². The van der Waals surface area contributed by atoms with E-state index in [0.29, 0.717) is 43.3 Å². The summed E-state index contributed by atoms with van der Waals surface area (Å²) in [6.45, 7) is 3.65. The molecule has 26 heavy (non-hydrogen) atoms. The van der Waals surface area contributed by atoms with Crippen LogP contribution >= 0.6 is 11.6 Å². The fourth-order valence-electron chi connectivity index (χ4n) is 3.00. The standard InChI is InChI=1S/C18H23ClN6O/c1-12-2-4-13(5-3-12)10-22-17(26)18(21)6-8-25(9-7-18)16-14(19)15(20)23-11-24-16/h2-5,11H,6-10,21H2,1H3,(H,22,26)(H2,20,23,24). The second-order valence-electron chi connectivity index (χ2n) is 6.71. The van der Waals surface area contributed by atoms with Crippen molar-refractivity contribution in [1.29, 1.82) is 0 Å². The van der Waals surface area contributed by atoms with Crippen LogP contribution in [0.4, 0.5) is 11.6 Å². The molecule has 0 saturated carbocycles. The Balaban J connectivity index is 1.59. The molecule has 8 heteroatoms. The largest absolute Gasteiger partial charge is 0.382 e. The van der Waals surface area contributed by atoms with Crippen molar-refractivity contribution in [2.45, 2.75) is 31.8 Å². The maximum absolute atomic E-state index is 12.6. The molecule has 1 aliphatic heterocycles. The molecule has 2 aromatic rings. The maximum atomic E-state index is 12.6. The normalized spacial score (nSPS) is 16.3. The second kappa shape index (κ2) is 7.47. The number of aryl methyl sites for hydroxylation is 1. The Morgan fingerprint density at radius 3 is 2.58 bits per heavy atom. The second-order valence-corrected chi connectivity index (χ2v) is 7.09. The maximum Gasteiger partial charge on any atom is 0.240 e. The number of rotatable bonds is 4. The number of anilines is 2. The fourth-order valence-corrected chi connectivity index (χ4v) is 3.22. The number of piperidine rings is 1. The van der Waals surface area contributed by atoms with Crippen molar-refractivity contribution in [3.63, 3.8) is 0 Å². The predicted octanol–water partition coefficient (Wildman–Crippen LogP) is 1.63. The van der Waals surface area contributed by atoms with Gasteiger partial charge in [-0.05, 0) is 25.3 Å². The molecule has 0 aliphatic carbocycles. The lowest BCUT2D eigenvalue weighted by atomic mass is 9.87. The minimum atomic E-state index is -0.897. The number of halogens is 1. The molecule has 1 fully saturated rings. The van der Waals surface area contributed by atoms with Crippen LogP contribution in [-0.4, -0.2) is 34.5 Å². The Morgan fingerprint density at radius 2 is 1.92 bits per heavy atom. The molecule has 0 atom stereocenters. The highest BCUT2D eigenvalue weighted by molar-refractivity contribution is 6.35. The Hall–Kier alpha value is -2.38. The zero-order valence-corrected chi connectivity index (χ0v) is 15.5. The molecule has 0 radical (unpaired) electrons. The summed E-state index contributed by atoms with van der Waals surface area (Å²) in [6.07, 6.45) is 2.40. The number of amides is 1. The summed E-state index contributed by atoms with van der Waals surface area (Å²) in [5.74, 6) is 0.699. The van der Waals surface area contributed by atoms with Gasteiger partial charge in [0.1, 0.15) is 17.2 Å². The first-order chi connectivity index (χ1) is 12.4. The summed E-state index contributed by atoms with van der Waals surface area (Å²) in [7, 11) is 0. The summed E-state index contributed by atoms with van der Waals surface area (Å²) in [5, 5.41) is 3.28. The van der Waals surface area contributed by atoms with Crippen LogP contribution < -0.4 is 21.7 Å². The molecule has 2 heterocycles. The van der Waals surface area contributed by atoms with E-state index >= 15 is 0 Å². The van der Waals surface area contributed by atoms with E-state index in [1.807, 2.05) is 36.1 Å². The SMILES string of the molecule is Cc1ccc(CNC(=O)C2(N)CCN(c3ncnc(N)c3Cl)CC2)cc1. The average Bonchev–Trinajstić information content (AvgIpc) is 2.64. The number of aromatic nitrogens is 2. The van der Waals surface area contributed by atoms with Crippen LogP contribution in [0.5, 0.6) is 0 Å². The topological polar surface area (TPSA) is 110 Å². The smallest absolute Gasteiger partial charge is 0.240 e. The van der Waals surface area contributed by atoms with Crippen LogP contribution in [-0.2, 0) is 11.3 Å². The van der Waals surface area contributed by atoms with Gasteiger partial charge in [0.05, 0.1) is 5.54 Å². The monoisotopic (exact) mass is 374 g/mol. The first-order valence-electron chi connectivity index (χ1n) is 8.53. The Labute approximate surface area is 157 Å². The van der Waals surface area contributed by atoms with Gasteiger partial charge in [0, 0.05) is 19.6 Å². The quantitative estimate of drug-likeness (QED) is 0.750. The zero-order valence-electron chi connectivity index (χ0n) is 14.7.